The molecule has 0 aliphatic carbocycles. The van der Waals surface area contributed by atoms with Crippen LogP contribution in [0.1, 0.15) is 19.3 Å². The molecule has 0 bridgehead atoms. The summed E-state index contributed by atoms with van der Waals surface area (Å²) in [6.07, 6.45) is 3.50. The van der Waals surface area contributed by atoms with Crippen LogP contribution in [0.3, 0.4) is 0 Å². The van der Waals surface area contributed by atoms with E-state index in [0.717, 1.165) is 24.2 Å². The van der Waals surface area contributed by atoms with E-state index in [4.69, 9.17) is 4.74 Å². The van der Waals surface area contributed by atoms with E-state index in [9.17, 15) is 10.1 Å². The lowest BCUT2D eigenvalue weighted by atomic mass is 9.97. The molecule has 0 spiro atoms. The maximum Gasteiger partial charge on any atom is 0.274 e. The number of thiazole rings is 1. The van der Waals surface area contributed by atoms with E-state index < -0.39 is 4.92 Å². The van der Waals surface area contributed by atoms with E-state index in [0.29, 0.717) is 23.2 Å². The number of aromatic nitrogens is 1. The molecule has 2 heterocycles. The number of rotatable bonds is 5. The van der Waals surface area contributed by atoms with Gasteiger partial charge in [-0.15, -0.1) is 0 Å². The molecule has 1 aliphatic rings. The summed E-state index contributed by atoms with van der Waals surface area (Å²) in [4.78, 5) is 14.6. The predicted octanol–water partition coefficient (Wildman–Crippen LogP) is 2.97. The van der Waals surface area contributed by atoms with E-state index in [1.54, 1.807) is 6.07 Å². The van der Waals surface area contributed by atoms with E-state index in [-0.39, 0.29) is 5.69 Å². The second-order valence-corrected chi connectivity index (χ2v) is 6.23. The van der Waals surface area contributed by atoms with Gasteiger partial charge in [-0.3, -0.25) is 10.1 Å². The van der Waals surface area contributed by atoms with Crippen molar-refractivity contribution in [1.29, 1.82) is 0 Å². The fourth-order valence-corrected chi connectivity index (χ4v) is 3.37. The van der Waals surface area contributed by atoms with Crippen molar-refractivity contribution in [2.24, 2.45) is 5.92 Å². The van der Waals surface area contributed by atoms with Crippen LogP contribution in [0.25, 0.3) is 10.2 Å². The number of benzene rings is 1. The van der Waals surface area contributed by atoms with Crippen molar-refractivity contribution in [1.82, 2.24) is 10.3 Å². The topological polar surface area (TPSA) is 77.3 Å². The van der Waals surface area contributed by atoms with Crippen LogP contribution < -0.4 is 10.1 Å². The summed E-state index contributed by atoms with van der Waals surface area (Å²) in [5, 5.41) is 14.7. The average molecular weight is 307 g/mol. The van der Waals surface area contributed by atoms with E-state index in [1.165, 1.54) is 36.3 Å². The number of hydrogen-bond donors (Lipinski definition) is 1. The summed E-state index contributed by atoms with van der Waals surface area (Å²) >= 11 is 1.43. The molecule has 1 fully saturated rings. The van der Waals surface area contributed by atoms with Crippen molar-refractivity contribution in [3.05, 3.63) is 28.3 Å². The van der Waals surface area contributed by atoms with Crippen LogP contribution in [0.15, 0.2) is 18.2 Å². The van der Waals surface area contributed by atoms with Crippen LogP contribution in [0, 0.1) is 16.0 Å². The Kier molecular flexibility index (Phi) is 4.31. The van der Waals surface area contributed by atoms with Gasteiger partial charge in [0.15, 0.2) is 0 Å². The van der Waals surface area contributed by atoms with Gasteiger partial charge in [-0.25, -0.2) is 4.98 Å². The molecular weight excluding hydrogens is 290 g/mol. The molecule has 6 nitrogen and oxygen atoms in total. The number of piperidine rings is 1. The first-order chi connectivity index (χ1) is 10.2. The summed E-state index contributed by atoms with van der Waals surface area (Å²) in [6, 6.07) is 4.71. The number of fused-ring (bicyclic) bond motifs is 1. The minimum absolute atomic E-state index is 0.0626. The van der Waals surface area contributed by atoms with Gasteiger partial charge in [0, 0.05) is 12.1 Å². The minimum atomic E-state index is -0.407. The first kappa shape index (κ1) is 14.2. The Bertz CT molecular complexity index is 637. The van der Waals surface area contributed by atoms with Gasteiger partial charge in [-0.2, -0.15) is 0 Å². The first-order valence-electron chi connectivity index (χ1n) is 7.11. The monoisotopic (exact) mass is 307 g/mol. The van der Waals surface area contributed by atoms with Crippen molar-refractivity contribution in [3.63, 3.8) is 0 Å². The molecule has 3 rings (SSSR count). The highest BCUT2D eigenvalue weighted by molar-refractivity contribution is 7.20. The molecule has 1 saturated heterocycles. The highest BCUT2D eigenvalue weighted by atomic mass is 32.1. The highest BCUT2D eigenvalue weighted by Gasteiger charge is 2.14. The first-order valence-corrected chi connectivity index (χ1v) is 7.92. The van der Waals surface area contributed by atoms with Crippen molar-refractivity contribution >= 4 is 27.2 Å². The molecular formula is C14H17N3O3S. The molecule has 1 N–H and O–H groups in total. The SMILES string of the molecule is O=[N+]([O-])c1ccc2sc(OCC[C@H]3CCCNC3)nc2c1. The standard InChI is InChI=1S/C14H17N3O3S/c18-17(19)11-3-4-13-12(8-11)16-14(21-13)20-7-5-10-2-1-6-15-9-10/h3-4,8,10,15H,1-2,5-7,9H2/t10-/m1/s1. The van der Waals surface area contributed by atoms with Gasteiger partial charge in [-0.1, -0.05) is 11.3 Å². The Morgan fingerprint density at radius 1 is 1.52 bits per heavy atom. The summed E-state index contributed by atoms with van der Waals surface area (Å²) < 4.78 is 6.62. The third-order valence-electron chi connectivity index (χ3n) is 3.71. The van der Waals surface area contributed by atoms with Gasteiger partial charge < -0.3 is 10.1 Å². The number of nitro benzene ring substituents is 1. The number of non-ortho nitro benzene ring substituents is 1. The maximum atomic E-state index is 10.7. The van der Waals surface area contributed by atoms with Crippen molar-refractivity contribution < 1.29 is 9.66 Å². The normalized spacial score (nSPS) is 18.8. The number of nitrogens with zero attached hydrogens (tertiary/aromatic N) is 2. The third kappa shape index (κ3) is 3.48. The van der Waals surface area contributed by atoms with E-state index in [1.807, 2.05) is 0 Å². The zero-order valence-electron chi connectivity index (χ0n) is 11.6. The summed E-state index contributed by atoms with van der Waals surface area (Å²) in [6.45, 7) is 2.83. The largest absolute Gasteiger partial charge is 0.470 e. The molecule has 112 valence electrons. The smallest absolute Gasteiger partial charge is 0.274 e. The second-order valence-electron chi connectivity index (χ2n) is 5.24. The molecule has 2 aromatic rings. The fraction of sp³-hybridized carbons (Fsp3) is 0.500. The van der Waals surface area contributed by atoms with Crippen molar-refractivity contribution in [2.75, 3.05) is 19.7 Å². The van der Waals surface area contributed by atoms with Gasteiger partial charge in [0.25, 0.3) is 10.9 Å². The molecule has 1 aromatic carbocycles. The number of nitro groups is 1. The Balaban J connectivity index is 1.60. The van der Waals surface area contributed by atoms with Crippen LogP contribution in [-0.4, -0.2) is 29.6 Å². The lowest BCUT2D eigenvalue weighted by Crippen LogP contribution is -2.30. The zero-order chi connectivity index (χ0) is 14.7. The molecule has 1 aromatic heterocycles. The van der Waals surface area contributed by atoms with Gasteiger partial charge in [-0.05, 0) is 44.3 Å². The lowest BCUT2D eigenvalue weighted by Gasteiger charge is -2.22. The molecule has 1 atom stereocenters. The summed E-state index contributed by atoms with van der Waals surface area (Å²) in [5.41, 5.74) is 0.691. The van der Waals surface area contributed by atoms with Gasteiger partial charge in [0.2, 0.25) is 0 Å². The molecule has 0 radical (unpaired) electrons. The number of ether oxygens (including phenoxy) is 1. The summed E-state index contributed by atoms with van der Waals surface area (Å²) in [7, 11) is 0. The predicted molar refractivity (Wildman–Crippen MR) is 82.0 cm³/mol. The Hall–Kier alpha value is -1.73. The van der Waals surface area contributed by atoms with Crippen LogP contribution in [0.5, 0.6) is 5.19 Å². The molecule has 21 heavy (non-hydrogen) atoms. The van der Waals surface area contributed by atoms with Crippen molar-refractivity contribution in [3.8, 4) is 5.19 Å². The van der Waals surface area contributed by atoms with E-state index >= 15 is 0 Å². The molecule has 7 heteroatoms. The van der Waals surface area contributed by atoms with Crippen LogP contribution in [0.2, 0.25) is 0 Å². The zero-order valence-corrected chi connectivity index (χ0v) is 12.4. The van der Waals surface area contributed by atoms with Crippen LogP contribution >= 0.6 is 11.3 Å². The molecule has 1 aliphatic heterocycles. The Morgan fingerprint density at radius 2 is 2.43 bits per heavy atom. The van der Waals surface area contributed by atoms with Crippen LogP contribution in [-0.2, 0) is 0 Å². The van der Waals surface area contributed by atoms with E-state index in [2.05, 4.69) is 10.3 Å². The average Bonchev–Trinajstić information content (AvgIpc) is 2.90. The third-order valence-corrected chi connectivity index (χ3v) is 4.66. The quantitative estimate of drug-likeness (QED) is 0.678. The van der Waals surface area contributed by atoms with Crippen LogP contribution in [0.4, 0.5) is 5.69 Å². The van der Waals surface area contributed by atoms with Crippen molar-refractivity contribution in [2.45, 2.75) is 19.3 Å². The minimum Gasteiger partial charge on any atom is -0.470 e. The molecule has 0 unspecified atom stereocenters. The van der Waals surface area contributed by atoms with Gasteiger partial charge >= 0.3 is 0 Å². The second kappa shape index (κ2) is 6.36. The number of hydrogen-bond acceptors (Lipinski definition) is 6. The highest BCUT2D eigenvalue weighted by Crippen LogP contribution is 2.30. The van der Waals surface area contributed by atoms with Gasteiger partial charge in [0.05, 0.1) is 21.7 Å². The Labute approximate surface area is 126 Å². The lowest BCUT2D eigenvalue weighted by molar-refractivity contribution is -0.384. The van der Waals surface area contributed by atoms with Gasteiger partial charge in [0.1, 0.15) is 0 Å². The fourth-order valence-electron chi connectivity index (χ4n) is 2.55. The molecule has 0 amide bonds. The Morgan fingerprint density at radius 3 is 3.19 bits per heavy atom. The number of nitrogens with one attached hydrogen (secondary N) is 1. The maximum absolute atomic E-state index is 10.7. The summed E-state index contributed by atoms with van der Waals surface area (Å²) in [5.74, 6) is 0.675. The molecule has 0 saturated carbocycles.